The molecule has 0 aliphatic carbocycles. The topological polar surface area (TPSA) is 53.5 Å². The minimum absolute atomic E-state index is 0.300. The number of hydrogen-bond acceptors (Lipinski definition) is 3. The molecule has 3 heterocycles. The zero-order valence-corrected chi connectivity index (χ0v) is 14.7. The van der Waals surface area contributed by atoms with Gasteiger partial charge in [-0.2, -0.15) is 10.2 Å². The number of rotatable bonds is 4. The molecule has 0 spiro atoms. The molecule has 0 bridgehead atoms. The van der Waals surface area contributed by atoms with Crippen LogP contribution in [0.4, 0.5) is 0 Å². The number of nitrogens with zero attached hydrogens (tertiary/aromatic N) is 6. The van der Waals surface area contributed by atoms with Crippen molar-refractivity contribution < 1.29 is 0 Å². The standard InChI is InChI=1S/C17H24N6/c1-11(7-15-12(2)20-22(6)14(15)4)23-10-18-8-17(23)16-9-21(5)19-13(16)3/h8-11H,7H2,1-6H3. The van der Waals surface area contributed by atoms with Gasteiger partial charge in [0.05, 0.1) is 29.6 Å². The first kappa shape index (κ1) is 15.5. The molecule has 1 atom stereocenters. The summed E-state index contributed by atoms with van der Waals surface area (Å²) in [5.41, 5.74) is 6.93. The Kier molecular flexibility index (Phi) is 3.83. The van der Waals surface area contributed by atoms with Crippen molar-refractivity contribution in [2.75, 3.05) is 0 Å². The van der Waals surface area contributed by atoms with E-state index in [1.165, 1.54) is 11.3 Å². The van der Waals surface area contributed by atoms with Gasteiger partial charge >= 0.3 is 0 Å². The average molecular weight is 312 g/mol. The Bertz CT molecular complexity index is 836. The van der Waals surface area contributed by atoms with Crippen molar-refractivity contribution >= 4 is 0 Å². The lowest BCUT2D eigenvalue weighted by Crippen LogP contribution is -2.10. The van der Waals surface area contributed by atoms with Crippen molar-refractivity contribution in [2.24, 2.45) is 14.1 Å². The predicted octanol–water partition coefficient (Wildman–Crippen LogP) is 2.75. The van der Waals surface area contributed by atoms with Crippen LogP contribution in [0.15, 0.2) is 18.7 Å². The third-order valence-electron chi connectivity index (χ3n) is 4.59. The highest BCUT2D eigenvalue weighted by molar-refractivity contribution is 5.60. The number of hydrogen-bond donors (Lipinski definition) is 0. The van der Waals surface area contributed by atoms with Gasteiger partial charge in [-0.25, -0.2) is 4.98 Å². The quantitative estimate of drug-likeness (QED) is 0.744. The van der Waals surface area contributed by atoms with Crippen molar-refractivity contribution in [3.8, 4) is 11.3 Å². The van der Waals surface area contributed by atoms with Crippen molar-refractivity contribution in [3.63, 3.8) is 0 Å². The lowest BCUT2D eigenvalue weighted by molar-refractivity contribution is 0.546. The molecule has 1 unspecified atom stereocenters. The summed E-state index contributed by atoms with van der Waals surface area (Å²) in [5, 5.41) is 8.97. The Morgan fingerprint density at radius 1 is 1.09 bits per heavy atom. The Morgan fingerprint density at radius 3 is 2.39 bits per heavy atom. The van der Waals surface area contributed by atoms with Gasteiger partial charge in [-0.05, 0) is 39.7 Å². The number of imidazole rings is 1. The lowest BCUT2D eigenvalue weighted by Gasteiger charge is -2.17. The highest BCUT2D eigenvalue weighted by Crippen LogP contribution is 2.27. The van der Waals surface area contributed by atoms with Gasteiger partial charge in [-0.1, -0.05) is 0 Å². The van der Waals surface area contributed by atoms with Crippen LogP contribution in [-0.4, -0.2) is 29.1 Å². The Hall–Kier alpha value is -2.37. The summed E-state index contributed by atoms with van der Waals surface area (Å²) in [6.45, 7) is 8.47. The molecule has 3 rings (SSSR count). The second-order valence-electron chi connectivity index (χ2n) is 6.31. The zero-order chi connectivity index (χ0) is 16.7. The summed E-state index contributed by atoms with van der Waals surface area (Å²) in [7, 11) is 3.95. The van der Waals surface area contributed by atoms with Crippen LogP contribution in [0.5, 0.6) is 0 Å². The van der Waals surface area contributed by atoms with Crippen molar-refractivity contribution in [2.45, 2.75) is 40.2 Å². The van der Waals surface area contributed by atoms with E-state index in [1.807, 2.05) is 42.9 Å². The second-order valence-corrected chi connectivity index (χ2v) is 6.31. The van der Waals surface area contributed by atoms with Crippen molar-refractivity contribution in [3.05, 3.63) is 41.4 Å². The summed E-state index contributed by atoms with van der Waals surface area (Å²) in [6.07, 6.45) is 6.82. The molecular formula is C17H24N6. The largest absolute Gasteiger partial charge is 0.327 e. The molecule has 0 aliphatic heterocycles. The zero-order valence-electron chi connectivity index (χ0n) is 14.7. The van der Waals surface area contributed by atoms with Crippen LogP contribution in [-0.2, 0) is 20.5 Å². The molecule has 6 heteroatoms. The van der Waals surface area contributed by atoms with Crippen LogP contribution >= 0.6 is 0 Å². The molecule has 0 aliphatic rings. The molecule has 122 valence electrons. The van der Waals surface area contributed by atoms with E-state index in [0.29, 0.717) is 6.04 Å². The molecule has 0 N–H and O–H groups in total. The smallest absolute Gasteiger partial charge is 0.0953 e. The molecule has 0 saturated carbocycles. The molecule has 23 heavy (non-hydrogen) atoms. The van der Waals surface area contributed by atoms with Gasteiger partial charge < -0.3 is 4.57 Å². The average Bonchev–Trinajstić information content (AvgIpc) is 3.14. The first-order valence-corrected chi connectivity index (χ1v) is 7.90. The highest BCUT2D eigenvalue weighted by Gasteiger charge is 2.18. The normalized spacial score (nSPS) is 12.8. The van der Waals surface area contributed by atoms with Crippen LogP contribution < -0.4 is 0 Å². The maximum absolute atomic E-state index is 4.52. The number of aromatic nitrogens is 6. The minimum Gasteiger partial charge on any atom is -0.327 e. The molecule has 0 amide bonds. The van der Waals surface area contributed by atoms with Gasteiger partial charge in [-0.3, -0.25) is 9.36 Å². The third kappa shape index (κ3) is 2.69. The summed E-state index contributed by atoms with van der Waals surface area (Å²) in [5.74, 6) is 0. The molecule has 3 aromatic heterocycles. The molecule has 0 radical (unpaired) electrons. The van der Waals surface area contributed by atoms with E-state index in [-0.39, 0.29) is 0 Å². The SMILES string of the molecule is Cc1nn(C)cc1-c1cncn1C(C)Cc1c(C)nn(C)c1C. The van der Waals surface area contributed by atoms with Crippen LogP contribution in [0, 0.1) is 20.8 Å². The van der Waals surface area contributed by atoms with E-state index < -0.39 is 0 Å². The first-order valence-electron chi connectivity index (χ1n) is 7.90. The van der Waals surface area contributed by atoms with Crippen LogP contribution in [0.1, 0.15) is 35.6 Å². The summed E-state index contributed by atoms with van der Waals surface area (Å²) >= 11 is 0. The summed E-state index contributed by atoms with van der Waals surface area (Å²) in [6, 6.07) is 0.300. The Balaban J connectivity index is 1.94. The van der Waals surface area contributed by atoms with E-state index in [9.17, 15) is 0 Å². The Morgan fingerprint density at radius 2 is 1.83 bits per heavy atom. The van der Waals surface area contributed by atoms with Crippen molar-refractivity contribution in [1.82, 2.24) is 29.1 Å². The van der Waals surface area contributed by atoms with Crippen LogP contribution in [0.3, 0.4) is 0 Å². The second kappa shape index (κ2) is 5.68. The maximum Gasteiger partial charge on any atom is 0.0953 e. The first-order chi connectivity index (χ1) is 10.9. The number of aryl methyl sites for hydroxylation is 4. The van der Waals surface area contributed by atoms with E-state index >= 15 is 0 Å². The monoisotopic (exact) mass is 312 g/mol. The highest BCUT2D eigenvalue weighted by atomic mass is 15.3. The van der Waals surface area contributed by atoms with E-state index in [4.69, 9.17) is 0 Å². The van der Waals surface area contributed by atoms with E-state index in [2.05, 4.69) is 46.7 Å². The molecule has 3 aromatic rings. The maximum atomic E-state index is 4.52. The van der Waals surface area contributed by atoms with Crippen molar-refractivity contribution in [1.29, 1.82) is 0 Å². The van der Waals surface area contributed by atoms with Gasteiger partial charge in [0.2, 0.25) is 0 Å². The van der Waals surface area contributed by atoms with Gasteiger partial charge in [0.25, 0.3) is 0 Å². The van der Waals surface area contributed by atoms with Crippen LogP contribution in [0.2, 0.25) is 0 Å². The minimum atomic E-state index is 0.300. The van der Waals surface area contributed by atoms with Crippen LogP contribution in [0.25, 0.3) is 11.3 Å². The third-order valence-corrected chi connectivity index (χ3v) is 4.59. The fourth-order valence-electron chi connectivity index (χ4n) is 3.22. The molecule has 6 nitrogen and oxygen atoms in total. The Labute approximate surface area is 136 Å². The lowest BCUT2D eigenvalue weighted by atomic mass is 10.0. The van der Waals surface area contributed by atoms with Gasteiger partial charge in [0, 0.05) is 37.6 Å². The fourth-order valence-corrected chi connectivity index (χ4v) is 3.22. The van der Waals surface area contributed by atoms with E-state index in [1.54, 1.807) is 0 Å². The predicted molar refractivity (Wildman–Crippen MR) is 90.3 cm³/mol. The molecule has 0 aromatic carbocycles. The molecular weight excluding hydrogens is 288 g/mol. The van der Waals surface area contributed by atoms with Gasteiger partial charge in [-0.15, -0.1) is 0 Å². The van der Waals surface area contributed by atoms with Gasteiger partial charge in [0.15, 0.2) is 0 Å². The van der Waals surface area contributed by atoms with E-state index in [0.717, 1.165) is 29.1 Å². The van der Waals surface area contributed by atoms with Gasteiger partial charge in [0.1, 0.15) is 0 Å². The molecule has 0 fully saturated rings. The summed E-state index contributed by atoms with van der Waals surface area (Å²) in [4.78, 5) is 4.37. The fraction of sp³-hybridized carbons (Fsp3) is 0.471. The molecule has 0 saturated heterocycles. The summed E-state index contributed by atoms with van der Waals surface area (Å²) < 4.78 is 6.04.